The van der Waals surface area contributed by atoms with E-state index in [0.717, 1.165) is 35.8 Å². The molecule has 0 heterocycles. The number of methoxy groups -OCH3 is 1. The molecule has 0 aliphatic heterocycles. The first kappa shape index (κ1) is 15.1. The molecule has 1 aliphatic carbocycles. The minimum Gasteiger partial charge on any atom is -0.381 e. The third kappa shape index (κ3) is 3.63. The molecular weight excluding hydrogens is 328 g/mol. The molecule has 0 saturated heterocycles. The molecule has 0 amide bonds. The van der Waals surface area contributed by atoms with Gasteiger partial charge in [0.05, 0.1) is 16.7 Å². The second-order valence-electron chi connectivity index (χ2n) is 5.19. The predicted octanol–water partition coefficient (Wildman–Crippen LogP) is 3.80. The summed E-state index contributed by atoms with van der Waals surface area (Å²) in [5.74, 6) is 0. The van der Waals surface area contributed by atoms with Crippen molar-refractivity contribution in [2.75, 3.05) is 19.0 Å². The molecule has 2 rings (SSSR count). The zero-order valence-corrected chi connectivity index (χ0v) is 13.4. The zero-order valence-electron chi connectivity index (χ0n) is 11.1. The summed E-state index contributed by atoms with van der Waals surface area (Å²) in [6, 6.07) is 5.90. The van der Waals surface area contributed by atoms with Gasteiger partial charge in [-0.25, -0.2) is 0 Å². The van der Waals surface area contributed by atoms with Crippen LogP contribution in [0, 0.1) is 0 Å². The standard InChI is InChI=1S/C14H20BrClN2O/c1-19-11-3-2-6-14(8-11,9-17)18-10-4-5-12(15)13(16)7-10/h4-5,7,11,18H,2-3,6,8-9,17H2,1H3. The third-order valence-corrected chi connectivity index (χ3v) is 5.09. The Hall–Kier alpha value is -0.290. The summed E-state index contributed by atoms with van der Waals surface area (Å²) in [5.41, 5.74) is 6.93. The molecule has 19 heavy (non-hydrogen) atoms. The van der Waals surface area contributed by atoms with Crippen molar-refractivity contribution in [3.8, 4) is 0 Å². The first-order valence-electron chi connectivity index (χ1n) is 6.55. The van der Waals surface area contributed by atoms with Gasteiger partial charge in [-0.05, 0) is 59.8 Å². The predicted molar refractivity (Wildman–Crippen MR) is 83.8 cm³/mol. The third-order valence-electron chi connectivity index (χ3n) is 3.85. The van der Waals surface area contributed by atoms with Crippen molar-refractivity contribution in [1.82, 2.24) is 0 Å². The maximum Gasteiger partial charge on any atom is 0.0594 e. The number of hydrogen-bond donors (Lipinski definition) is 2. The van der Waals surface area contributed by atoms with Gasteiger partial charge in [0.15, 0.2) is 0 Å². The van der Waals surface area contributed by atoms with E-state index in [-0.39, 0.29) is 11.6 Å². The Morgan fingerprint density at radius 1 is 1.58 bits per heavy atom. The van der Waals surface area contributed by atoms with Gasteiger partial charge in [0.2, 0.25) is 0 Å². The Labute approximate surface area is 128 Å². The smallest absolute Gasteiger partial charge is 0.0594 e. The van der Waals surface area contributed by atoms with Crippen LogP contribution in [0.25, 0.3) is 0 Å². The van der Waals surface area contributed by atoms with Gasteiger partial charge in [0, 0.05) is 23.8 Å². The second kappa shape index (κ2) is 6.44. The van der Waals surface area contributed by atoms with Gasteiger partial charge in [-0.1, -0.05) is 11.6 Å². The normalized spacial score (nSPS) is 27.3. The summed E-state index contributed by atoms with van der Waals surface area (Å²) in [6.45, 7) is 0.598. The molecule has 0 aromatic heterocycles. The average Bonchev–Trinajstić information content (AvgIpc) is 2.43. The van der Waals surface area contributed by atoms with Gasteiger partial charge >= 0.3 is 0 Å². The average molecular weight is 348 g/mol. The summed E-state index contributed by atoms with van der Waals surface area (Å²) in [7, 11) is 1.77. The fourth-order valence-corrected chi connectivity index (χ4v) is 3.17. The van der Waals surface area contributed by atoms with Crippen LogP contribution in [0.3, 0.4) is 0 Å². The van der Waals surface area contributed by atoms with Gasteiger partial charge in [-0.2, -0.15) is 0 Å². The highest BCUT2D eigenvalue weighted by atomic mass is 79.9. The zero-order chi connectivity index (χ0) is 13.9. The van der Waals surface area contributed by atoms with Crippen LogP contribution in [-0.2, 0) is 4.74 Å². The molecule has 0 bridgehead atoms. The van der Waals surface area contributed by atoms with Crippen molar-refractivity contribution in [3.63, 3.8) is 0 Å². The molecule has 0 radical (unpaired) electrons. The molecule has 5 heteroatoms. The van der Waals surface area contributed by atoms with Crippen LogP contribution in [0.5, 0.6) is 0 Å². The lowest BCUT2D eigenvalue weighted by atomic mass is 9.80. The van der Waals surface area contributed by atoms with E-state index in [1.165, 1.54) is 0 Å². The van der Waals surface area contributed by atoms with Crippen molar-refractivity contribution in [2.24, 2.45) is 5.73 Å². The van der Waals surface area contributed by atoms with Gasteiger partial charge in [-0.3, -0.25) is 0 Å². The molecule has 2 unspecified atom stereocenters. The Kier molecular flexibility index (Phi) is 5.12. The van der Waals surface area contributed by atoms with E-state index in [1.807, 2.05) is 18.2 Å². The largest absolute Gasteiger partial charge is 0.381 e. The van der Waals surface area contributed by atoms with Crippen LogP contribution >= 0.6 is 27.5 Å². The highest BCUT2D eigenvalue weighted by molar-refractivity contribution is 9.10. The molecule has 1 aliphatic rings. The lowest BCUT2D eigenvalue weighted by Gasteiger charge is -2.41. The van der Waals surface area contributed by atoms with Crippen LogP contribution in [-0.4, -0.2) is 25.3 Å². The van der Waals surface area contributed by atoms with Crippen molar-refractivity contribution < 1.29 is 4.74 Å². The number of rotatable bonds is 4. The van der Waals surface area contributed by atoms with Crippen molar-refractivity contribution in [3.05, 3.63) is 27.7 Å². The number of hydrogen-bond acceptors (Lipinski definition) is 3. The number of benzene rings is 1. The van der Waals surface area contributed by atoms with Crippen LogP contribution in [0.15, 0.2) is 22.7 Å². The van der Waals surface area contributed by atoms with Crippen molar-refractivity contribution in [1.29, 1.82) is 0 Å². The van der Waals surface area contributed by atoms with E-state index in [9.17, 15) is 0 Å². The first-order valence-corrected chi connectivity index (χ1v) is 7.72. The quantitative estimate of drug-likeness (QED) is 0.871. The van der Waals surface area contributed by atoms with Crippen LogP contribution < -0.4 is 11.1 Å². The molecule has 1 aromatic rings. The maximum atomic E-state index is 6.13. The topological polar surface area (TPSA) is 47.3 Å². The lowest BCUT2D eigenvalue weighted by Crippen LogP contribution is -2.50. The van der Waals surface area contributed by atoms with E-state index in [2.05, 4.69) is 21.2 Å². The summed E-state index contributed by atoms with van der Waals surface area (Å²) in [5, 5.41) is 4.27. The summed E-state index contributed by atoms with van der Waals surface area (Å²) in [6.07, 6.45) is 4.54. The van der Waals surface area contributed by atoms with E-state index in [0.29, 0.717) is 11.6 Å². The Morgan fingerprint density at radius 2 is 2.37 bits per heavy atom. The number of anilines is 1. The van der Waals surface area contributed by atoms with E-state index in [4.69, 9.17) is 22.1 Å². The number of halogens is 2. The summed E-state index contributed by atoms with van der Waals surface area (Å²) >= 11 is 9.53. The molecule has 2 atom stereocenters. The molecule has 3 nitrogen and oxygen atoms in total. The lowest BCUT2D eigenvalue weighted by molar-refractivity contribution is 0.0483. The SMILES string of the molecule is COC1CCCC(CN)(Nc2ccc(Br)c(Cl)c2)C1. The summed E-state index contributed by atoms with van der Waals surface area (Å²) < 4.78 is 6.40. The van der Waals surface area contributed by atoms with Crippen LogP contribution in [0.4, 0.5) is 5.69 Å². The number of nitrogens with one attached hydrogen (secondary N) is 1. The van der Waals surface area contributed by atoms with E-state index in [1.54, 1.807) is 7.11 Å². The van der Waals surface area contributed by atoms with Gasteiger partial charge in [0.1, 0.15) is 0 Å². The second-order valence-corrected chi connectivity index (χ2v) is 6.45. The van der Waals surface area contributed by atoms with Gasteiger partial charge in [-0.15, -0.1) is 0 Å². The number of ether oxygens (including phenoxy) is 1. The van der Waals surface area contributed by atoms with Crippen molar-refractivity contribution in [2.45, 2.75) is 37.3 Å². The molecule has 1 fully saturated rings. The highest BCUT2D eigenvalue weighted by Gasteiger charge is 2.35. The highest BCUT2D eigenvalue weighted by Crippen LogP contribution is 2.34. The van der Waals surface area contributed by atoms with Crippen molar-refractivity contribution >= 4 is 33.2 Å². The molecule has 106 valence electrons. The Morgan fingerprint density at radius 3 is 3.00 bits per heavy atom. The van der Waals surface area contributed by atoms with Crippen LogP contribution in [0.1, 0.15) is 25.7 Å². The Balaban J connectivity index is 2.15. The minimum atomic E-state index is -0.0872. The molecule has 1 aromatic carbocycles. The minimum absolute atomic E-state index is 0.0872. The van der Waals surface area contributed by atoms with E-state index >= 15 is 0 Å². The van der Waals surface area contributed by atoms with Gasteiger partial charge in [0.25, 0.3) is 0 Å². The summed E-state index contributed by atoms with van der Waals surface area (Å²) in [4.78, 5) is 0. The molecule has 1 saturated carbocycles. The monoisotopic (exact) mass is 346 g/mol. The fourth-order valence-electron chi connectivity index (χ4n) is 2.74. The first-order chi connectivity index (χ1) is 9.08. The van der Waals surface area contributed by atoms with Gasteiger partial charge < -0.3 is 15.8 Å². The number of nitrogens with two attached hydrogens (primary N) is 1. The molecule has 0 spiro atoms. The molecule has 3 N–H and O–H groups in total. The van der Waals surface area contributed by atoms with E-state index < -0.39 is 0 Å². The van der Waals surface area contributed by atoms with Crippen LogP contribution in [0.2, 0.25) is 5.02 Å². The Bertz CT molecular complexity index is 443. The maximum absolute atomic E-state index is 6.13. The molecular formula is C14H20BrClN2O. The fraction of sp³-hybridized carbons (Fsp3) is 0.571.